The van der Waals surface area contributed by atoms with Crippen LogP contribution in [0.25, 0.3) is 0 Å². The number of halogens is 4. The third kappa shape index (κ3) is 11.7. The van der Waals surface area contributed by atoms with E-state index in [-0.39, 0.29) is 13.0 Å². The first kappa shape index (κ1) is 13.7. The second kappa shape index (κ2) is 7.06. The molecule has 0 N–H and O–H groups in total. The van der Waals surface area contributed by atoms with Gasteiger partial charge in [0.2, 0.25) is 5.24 Å². The molecular weight excluding hydrogens is 221 g/mol. The number of hydrogen-bond donors (Lipinski definition) is 0. The molecule has 0 radical (unpaired) electrons. The molecular formula is C8H12ClF3O2. The largest absolute Gasteiger partial charge is 0.522 e. The molecule has 84 valence electrons. The summed E-state index contributed by atoms with van der Waals surface area (Å²) >= 11 is 5.07. The Hall–Kier alpha value is -0.290. The van der Waals surface area contributed by atoms with Crippen LogP contribution in [0.2, 0.25) is 0 Å². The minimum absolute atomic E-state index is 0.279. The van der Waals surface area contributed by atoms with Gasteiger partial charge in [-0.05, 0) is 24.4 Å². The predicted octanol–water partition coefficient (Wildman–Crippen LogP) is 3.24. The standard InChI is InChI=1S/C8H12ClF3O2/c9-7(13)5-3-1-2-4-6-14-8(10,11)12/h1-6H2. The Morgan fingerprint density at radius 2 is 1.71 bits per heavy atom. The van der Waals surface area contributed by atoms with Crippen LogP contribution in [-0.4, -0.2) is 18.2 Å². The van der Waals surface area contributed by atoms with E-state index in [1.165, 1.54) is 0 Å². The summed E-state index contributed by atoms with van der Waals surface area (Å²) in [6.07, 6.45) is -1.99. The van der Waals surface area contributed by atoms with Crippen LogP contribution >= 0.6 is 11.6 Å². The Balaban J connectivity index is 3.11. The lowest BCUT2D eigenvalue weighted by Crippen LogP contribution is -2.13. The number of alkyl halides is 3. The third-order valence-electron chi connectivity index (χ3n) is 1.53. The first-order valence-electron chi connectivity index (χ1n) is 4.31. The number of unbranched alkanes of at least 4 members (excludes halogenated alkanes) is 3. The van der Waals surface area contributed by atoms with Crippen LogP contribution in [-0.2, 0) is 9.53 Å². The summed E-state index contributed by atoms with van der Waals surface area (Å²) in [5, 5.41) is -0.406. The molecule has 0 saturated heterocycles. The van der Waals surface area contributed by atoms with Gasteiger partial charge in [-0.1, -0.05) is 12.8 Å². The molecule has 0 aliphatic rings. The van der Waals surface area contributed by atoms with Crippen LogP contribution in [0.3, 0.4) is 0 Å². The molecule has 2 nitrogen and oxygen atoms in total. The fourth-order valence-electron chi connectivity index (χ4n) is 0.907. The van der Waals surface area contributed by atoms with Gasteiger partial charge in [0.25, 0.3) is 0 Å². The summed E-state index contributed by atoms with van der Waals surface area (Å²) in [6, 6.07) is 0. The van der Waals surface area contributed by atoms with Gasteiger partial charge in [0.1, 0.15) is 0 Å². The Kier molecular flexibility index (Phi) is 6.92. The molecule has 0 fully saturated rings. The smallest absolute Gasteiger partial charge is 0.292 e. The summed E-state index contributed by atoms with van der Waals surface area (Å²) in [6.45, 7) is -0.321. The van der Waals surface area contributed by atoms with Gasteiger partial charge in [-0.2, -0.15) is 0 Å². The van der Waals surface area contributed by atoms with E-state index in [1.54, 1.807) is 0 Å². The van der Waals surface area contributed by atoms with E-state index in [0.29, 0.717) is 25.7 Å². The maximum Gasteiger partial charge on any atom is 0.522 e. The molecule has 0 spiro atoms. The van der Waals surface area contributed by atoms with E-state index in [2.05, 4.69) is 4.74 Å². The maximum atomic E-state index is 11.5. The molecule has 0 rings (SSSR count). The van der Waals surface area contributed by atoms with Gasteiger partial charge in [0.05, 0.1) is 6.61 Å². The van der Waals surface area contributed by atoms with Crippen molar-refractivity contribution in [3.8, 4) is 0 Å². The van der Waals surface area contributed by atoms with Gasteiger partial charge >= 0.3 is 6.36 Å². The minimum Gasteiger partial charge on any atom is -0.292 e. The summed E-state index contributed by atoms with van der Waals surface area (Å²) in [5.41, 5.74) is 0. The molecule has 0 saturated carbocycles. The SMILES string of the molecule is O=C(Cl)CCCCCCOC(F)(F)F. The van der Waals surface area contributed by atoms with Gasteiger partial charge in [-0.25, -0.2) is 0 Å². The van der Waals surface area contributed by atoms with Crippen molar-refractivity contribution in [3.63, 3.8) is 0 Å². The number of rotatable bonds is 7. The fourth-order valence-corrected chi connectivity index (χ4v) is 1.04. The monoisotopic (exact) mass is 232 g/mol. The van der Waals surface area contributed by atoms with Crippen LogP contribution in [0.1, 0.15) is 32.1 Å². The molecule has 0 heterocycles. The Morgan fingerprint density at radius 3 is 2.21 bits per heavy atom. The van der Waals surface area contributed by atoms with Crippen LogP contribution < -0.4 is 0 Å². The van der Waals surface area contributed by atoms with Crippen LogP contribution in [0, 0.1) is 0 Å². The molecule has 0 aliphatic heterocycles. The summed E-state index contributed by atoms with van der Waals surface area (Å²) in [5.74, 6) is 0. The summed E-state index contributed by atoms with van der Waals surface area (Å²) in [4.78, 5) is 10.3. The lowest BCUT2D eigenvalue weighted by atomic mass is 10.2. The molecule has 0 atom stereocenters. The highest BCUT2D eigenvalue weighted by Gasteiger charge is 2.28. The van der Waals surface area contributed by atoms with Gasteiger partial charge in [0.15, 0.2) is 0 Å². The van der Waals surface area contributed by atoms with Crippen molar-refractivity contribution in [3.05, 3.63) is 0 Å². The molecule has 0 aliphatic carbocycles. The van der Waals surface area contributed by atoms with Crippen molar-refractivity contribution in [1.82, 2.24) is 0 Å². The van der Waals surface area contributed by atoms with Gasteiger partial charge in [-0.15, -0.1) is 13.2 Å². The predicted molar refractivity (Wildman–Crippen MR) is 46.0 cm³/mol. The third-order valence-corrected chi connectivity index (χ3v) is 1.72. The van der Waals surface area contributed by atoms with Gasteiger partial charge in [-0.3, -0.25) is 9.53 Å². The Morgan fingerprint density at radius 1 is 1.14 bits per heavy atom. The molecule has 0 aromatic heterocycles. The average Bonchev–Trinajstić information content (AvgIpc) is 2.00. The zero-order valence-corrected chi connectivity index (χ0v) is 8.33. The van der Waals surface area contributed by atoms with Crippen molar-refractivity contribution >= 4 is 16.8 Å². The van der Waals surface area contributed by atoms with Crippen LogP contribution in [0.4, 0.5) is 13.2 Å². The van der Waals surface area contributed by atoms with Crippen LogP contribution in [0.15, 0.2) is 0 Å². The van der Waals surface area contributed by atoms with E-state index in [0.717, 1.165) is 0 Å². The molecule has 6 heteroatoms. The summed E-state index contributed by atoms with van der Waals surface area (Å²) < 4.78 is 37.9. The van der Waals surface area contributed by atoms with Crippen molar-refractivity contribution in [1.29, 1.82) is 0 Å². The van der Waals surface area contributed by atoms with Crippen molar-refractivity contribution in [2.24, 2.45) is 0 Å². The second-order valence-electron chi connectivity index (χ2n) is 2.81. The minimum atomic E-state index is -4.54. The van der Waals surface area contributed by atoms with E-state index >= 15 is 0 Å². The molecule has 0 aromatic carbocycles. The lowest BCUT2D eigenvalue weighted by molar-refractivity contribution is -0.324. The van der Waals surface area contributed by atoms with E-state index < -0.39 is 11.6 Å². The highest BCUT2D eigenvalue weighted by Crippen LogP contribution is 2.16. The first-order valence-corrected chi connectivity index (χ1v) is 4.68. The van der Waals surface area contributed by atoms with Crippen molar-refractivity contribution in [2.45, 2.75) is 38.5 Å². The quantitative estimate of drug-likeness (QED) is 0.498. The first-order chi connectivity index (χ1) is 6.42. The second-order valence-corrected chi connectivity index (χ2v) is 3.24. The average molecular weight is 233 g/mol. The molecule has 0 amide bonds. The number of hydrogen-bond acceptors (Lipinski definition) is 2. The van der Waals surface area contributed by atoms with Crippen molar-refractivity contribution in [2.75, 3.05) is 6.61 Å². The number of ether oxygens (including phenoxy) is 1. The molecule has 0 unspecified atom stereocenters. The van der Waals surface area contributed by atoms with Crippen LogP contribution in [0.5, 0.6) is 0 Å². The Bertz CT molecular complexity index is 170. The highest BCUT2D eigenvalue weighted by atomic mass is 35.5. The molecule has 0 aromatic rings. The number of carbonyl (C=O) groups excluding carboxylic acids is 1. The maximum absolute atomic E-state index is 11.5. The Labute approximate surface area is 85.4 Å². The summed E-state index contributed by atoms with van der Waals surface area (Å²) in [7, 11) is 0. The topological polar surface area (TPSA) is 26.3 Å². The molecule has 14 heavy (non-hydrogen) atoms. The van der Waals surface area contributed by atoms with Gasteiger partial charge in [0, 0.05) is 6.42 Å². The van der Waals surface area contributed by atoms with E-state index in [1.807, 2.05) is 0 Å². The highest BCUT2D eigenvalue weighted by molar-refractivity contribution is 6.63. The van der Waals surface area contributed by atoms with E-state index in [4.69, 9.17) is 11.6 Å². The molecule has 0 bridgehead atoms. The van der Waals surface area contributed by atoms with E-state index in [9.17, 15) is 18.0 Å². The van der Waals surface area contributed by atoms with Gasteiger partial charge < -0.3 is 0 Å². The normalized spacial score (nSPS) is 11.7. The number of carbonyl (C=O) groups is 1. The fraction of sp³-hybridized carbons (Fsp3) is 0.875. The zero-order valence-electron chi connectivity index (χ0n) is 7.57. The van der Waals surface area contributed by atoms with Crippen molar-refractivity contribution < 1.29 is 22.7 Å². The zero-order chi connectivity index (χ0) is 11.0. The lowest BCUT2D eigenvalue weighted by Gasteiger charge is -2.06.